The van der Waals surface area contributed by atoms with Gasteiger partial charge in [0.25, 0.3) is 0 Å². The molecule has 1 heterocycles. The predicted octanol–water partition coefficient (Wildman–Crippen LogP) is 3.34. The van der Waals surface area contributed by atoms with Crippen LogP contribution >= 0.6 is 23.2 Å². The van der Waals surface area contributed by atoms with Crippen LogP contribution in [0.25, 0.3) is 0 Å². The van der Waals surface area contributed by atoms with E-state index < -0.39 is 0 Å². The molecule has 1 fully saturated rings. The second kappa shape index (κ2) is 5.26. The Hall–Kier alpha value is -0.440. The van der Waals surface area contributed by atoms with E-state index in [2.05, 4.69) is 4.90 Å². The maximum atomic E-state index is 9.02. The lowest BCUT2D eigenvalue weighted by Crippen LogP contribution is -2.30. The first-order chi connectivity index (χ1) is 7.72. The average Bonchev–Trinajstić information content (AvgIpc) is 2.67. The second-order valence-electron chi connectivity index (χ2n) is 4.10. The van der Waals surface area contributed by atoms with Gasteiger partial charge >= 0.3 is 0 Å². The molecular weight excluding hydrogens is 245 g/mol. The average molecular weight is 260 g/mol. The van der Waals surface area contributed by atoms with Gasteiger partial charge in [-0.1, -0.05) is 23.2 Å². The Labute approximate surface area is 106 Å². The molecule has 0 aliphatic carbocycles. The van der Waals surface area contributed by atoms with Gasteiger partial charge in [0.2, 0.25) is 0 Å². The Morgan fingerprint density at radius 1 is 1.38 bits per heavy atom. The van der Waals surface area contributed by atoms with Crippen molar-refractivity contribution in [2.24, 2.45) is 0 Å². The number of hydrogen-bond acceptors (Lipinski definition) is 2. The van der Waals surface area contributed by atoms with Crippen LogP contribution in [0.1, 0.15) is 19.3 Å². The van der Waals surface area contributed by atoms with E-state index in [1.165, 1.54) is 0 Å². The molecule has 0 amide bonds. The summed E-state index contributed by atoms with van der Waals surface area (Å²) in [4.78, 5) is 2.27. The third-order valence-corrected chi connectivity index (χ3v) is 3.60. The Balaban J connectivity index is 2.22. The monoisotopic (exact) mass is 259 g/mol. The molecule has 1 aromatic rings. The molecule has 0 spiro atoms. The van der Waals surface area contributed by atoms with E-state index in [0.717, 1.165) is 31.5 Å². The first-order valence-electron chi connectivity index (χ1n) is 5.55. The fourth-order valence-electron chi connectivity index (χ4n) is 2.32. The molecule has 1 unspecified atom stereocenters. The predicted molar refractivity (Wildman–Crippen MR) is 68.5 cm³/mol. The van der Waals surface area contributed by atoms with E-state index in [1.807, 2.05) is 12.1 Å². The zero-order valence-electron chi connectivity index (χ0n) is 9.00. The second-order valence-corrected chi connectivity index (χ2v) is 4.94. The van der Waals surface area contributed by atoms with Crippen LogP contribution in [0.5, 0.6) is 0 Å². The maximum Gasteiger partial charge on any atom is 0.0654 e. The van der Waals surface area contributed by atoms with Gasteiger partial charge in [-0.3, -0.25) is 0 Å². The van der Waals surface area contributed by atoms with Crippen molar-refractivity contribution in [3.8, 4) is 0 Å². The van der Waals surface area contributed by atoms with Crippen LogP contribution in [0.2, 0.25) is 10.0 Å². The van der Waals surface area contributed by atoms with Gasteiger partial charge in [-0.25, -0.2) is 0 Å². The number of halogens is 2. The van der Waals surface area contributed by atoms with E-state index in [4.69, 9.17) is 28.3 Å². The summed E-state index contributed by atoms with van der Waals surface area (Å²) in [5, 5.41) is 10.4. The molecule has 0 bridgehead atoms. The molecule has 0 aromatic heterocycles. The van der Waals surface area contributed by atoms with Gasteiger partial charge in [0, 0.05) is 24.2 Å². The molecule has 1 aliphatic heterocycles. The highest BCUT2D eigenvalue weighted by Gasteiger charge is 2.25. The highest BCUT2D eigenvalue weighted by atomic mass is 35.5. The van der Waals surface area contributed by atoms with Crippen molar-refractivity contribution >= 4 is 28.9 Å². The van der Waals surface area contributed by atoms with Gasteiger partial charge in [0.05, 0.1) is 10.7 Å². The Kier molecular flexibility index (Phi) is 3.95. The summed E-state index contributed by atoms with van der Waals surface area (Å²) in [7, 11) is 0. The van der Waals surface area contributed by atoms with Crippen LogP contribution in [0.15, 0.2) is 18.2 Å². The zero-order chi connectivity index (χ0) is 11.5. The normalized spacial score (nSPS) is 20.4. The maximum absolute atomic E-state index is 9.02. The third kappa shape index (κ3) is 2.45. The van der Waals surface area contributed by atoms with Crippen LogP contribution in [-0.4, -0.2) is 24.3 Å². The number of rotatable bonds is 3. The summed E-state index contributed by atoms with van der Waals surface area (Å²) in [6.07, 6.45) is 3.09. The van der Waals surface area contributed by atoms with E-state index in [1.54, 1.807) is 6.07 Å². The Morgan fingerprint density at radius 3 is 2.88 bits per heavy atom. The summed E-state index contributed by atoms with van der Waals surface area (Å²) in [6, 6.07) is 5.99. The minimum atomic E-state index is 0.229. The highest BCUT2D eigenvalue weighted by molar-refractivity contribution is 6.36. The van der Waals surface area contributed by atoms with Crippen molar-refractivity contribution < 1.29 is 5.11 Å². The molecule has 1 aliphatic rings. The number of nitrogens with zero attached hydrogens (tertiary/aromatic N) is 1. The standard InChI is InChI=1S/C12H15Cl2NO/c13-9-3-4-12(11(14)8-9)15-6-1-2-10(15)5-7-16/h3-4,8,10,16H,1-2,5-7H2. The molecule has 88 valence electrons. The first kappa shape index (κ1) is 12.0. The fourth-order valence-corrected chi connectivity index (χ4v) is 2.83. The van der Waals surface area contributed by atoms with Gasteiger partial charge < -0.3 is 10.0 Å². The lowest BCUT2D eigenvalue weighted by atomic mass is 10.1. The number of benzene rings is 1. The quantitative estimate of drug-likeness (QED) is 0.900. The Morgan fingerprint density at radius 2 is 2.19 bits per heavy atom. The van der Waals surface area contributed by atoms with Gasteiger partial charge in [-0.2, -0.15) is 0 Å². The van der Waals surface area contributed by atoms with Gasteiger partial charge in [0.1, 0.15) is 0 Å². The molecule has 16 heavy (non-hydrogen) atoms. The van der Waals surface area contributed by atoms with Crippen molar-refractivity contribution in [1.29, 1.82) is 0 Å². The van der Waals surface area contributed by atoms with E-state index in [0.29, 0.717) is 16.1 Å². The van der Waals surface area contributed by atoms with Crippen LogP contribution in [0.3, 0.4) is 0 Å². The van der Waals surface area contributed by atoms with Crippen molar-refractivity contribution in [1.82, 2.24) is 0 Å². The number of aliphatic hydroxyl groups excluding tert-OH is 1. The molecule has 0 saturated carbocycles. The van der Waals surface area contributed by atoms with Crippen molar-refractivity contribution in [2.45, 2.75) is 25.3 Å². The van der Waals surface area contributed by atoms with Crippen LogP contribution in [0.4, 0.5) is 5.69 Å². The highest BCUT2D eigenvalue weighted by Crippen LogP contribution is 2.34. The Bertz CT molecular complexity index is 370. The minimum Gasteiger partial charge on any atom is -0.396 e. The van der Waals surface area contributed by atoms with E-state index in [-0.39, 0.29) is 6.61 Å². The molecule has 0 radical (unpaired) electrons. The molecule has 2 nitrogen and oxygen atoms in total. The lowest BCUT2D eigenvalue weighted by Gasteiger charge is -2.27. The molecule has 4 heteroatoms. The van der Waals surface area contributed by atoms with E-state index >= 15 is 0 Å². The lowest BCUT2D eigenvalue weighted by molar-refractivity contribution is 0.276. The van der Waals surface area contributed by atoms with Crippen molar-refractivity contribution in [3.05, 3.63) is 28.2 Å². The van der Waals surface area contributed by atoms with Crippen LogP contribution < -0.4 is 4.90 Å². The van der Waals surface area contributed by atoms with Crippen molar-refractivity contribution in [3.63, 3.8) is 0 Å². The summed E-state index contributed by atoms with van der Waals surface area (Å²) in [5.41, 5.74) is 1.03. The molecular formula is C12H15Cl2NO. The minimum absolute atomic E-state index is 0.229. The van der Waals surface area contributed by atoms with Gasteiger partial charge in [0.15, 0.2) is 0 Å². The fraction of sp³-hybridized carbons (Fsp3) is 0.500. The molecule has 2 rings (SSSR count). The van der Waals surface area contributed by atoms with Crippen LogP contribution in [0, 0.1) is 0 Å². The summed E-state index contributed by atoms with van der Waals surface area (Å²) < 4.78 is 0. The van der Waals surface area contributed by atoms with Gasteiger partial charge in [-0.05, 0) is 37.5 Å². The van der Waals surface area contributed by atoms with Gasteiger partial charge in [-0.15, -0.1) is 0 Å². The number of hydrogen-bond donors (Lipinski definition) is 1. The molecule has 1 N–H and O–H groups in total. The summed E-state index contributed by atoms with van der Waals surface area (Å²) in [5.74, 6) is 0. The SMILES string of the molecule is OCCC1CCCN1c1ccc(Cl)cc1Cl. The first-order valence-corrected chi connectivity index (χ1v) is 6.30. The number of anilines is 1. The number of aliphatic hydroxyl groups is 1. The smallest absolute Gasteiger partial charge is 0.0654 e. The topological polar surface area (TPSA) is 23.5 Å². The largest absolute Gasteiger partial charge is 0.396 e. The third-order valence-electron chi connectivity index (χ3n) is 3.06. The molecule has 1 atom stereocenters. The zero-order valence-corrected chi connectivity index (χ0v) is 10.5. The van der Waals surface area contributed by atoms with Crippen molar-refractivity contribution in [2.75, 3.05) is 18.1 Å². The molecule has 1 saturated heterocycles. The molecule has 1 aromatic carbocycles. The summed E-state index contributed by atoms with van der Waals surface area (Å²) >= 11 is 12.1. The summed E-state index contributed by atoms with van der Waals surface area (Å²) in [6.45, 7) is 1.23. The van der Waals surface area contributed by atoms with Crippen LogP contribution in [-0.2, 0) is 0 Å². The van der Waals surface area contributed by atoms with E-state index in [9.17, 15) is 0 Å².